The molecular formula is C19H19N3O5S2. The van der Waals surface area contributed by atoms with Crippen molar-refractivity contribution in [1.29, 1.82) is 0 Å². The lowest BCUT2D eigenvalue weighted by Crippen LogP contribution is -2.26. The minimum absolute atomic E-state index is 0.174. The molecule has 1 atom stereocenters. The lowest BCUT2D eigenvalue weighted by Gasteiger charge is -2.18. The van der Waals surface area contributed by atoms with E-state index in [1.54, 1.807) is 55.5 Å². The first-order chi connectivity index (χ1) is 13.7. The molecular weight excluding hydrogens is 414 g/mol. The molecule has 1 aromatic carbocycles. The summed E-state index contributed by atoms with van der Waals surface area (Å²) in [6.45, 7) is 1.76. The van der Waals surface area contributed by atoms with Crippen molar-refractivity contribution in [3.05, 3.63) is 71.0 Å². The molecule has 0 saturated heterocycles. The van der Waals surface area contributed by atoms with Gasteiger partial charge in [0.1, 0.15) is 0 Å². The molecule has 2 amide bonds. The third kappa shape index (κ3) is 5.46. The van der Waals surface area contributed by atoms with E-state index in [-0.39, 0.29) is 11.7 Å². The van der Waals surface area contributed by atoms with Gasteiger partial charge in [0.05, 0.1) is 34.1 Å². The number of sulfonamides is 1. The van der Waals surface area contributed by atoms with Gasteiger partial charge in [-0.05, 0) is 42.8 Å². The Balaban J connectivity index is 1.68. The third-order valence-electron chi connectivity index (χ3n) is 3.88. The van der Waals surface area contributed by atoms with Crippen molar-refractivity contribution in [2.24, 2.45) is 0 Å². The zero-order chi connectivity index (χ0) is 21.0. The zero-order valence-corrected chi connectivity index (χ0v) is 17.3. The highest BCUT2D eigenvalue weighted by molar-refractivity contribution is 7.92. The number of hydrogen-bond acceptors (Lipinski definition) is 6. The van der Waals surface area contributed by atoms with Crippen LogP contribution < -0.4 is 15.4 Å². The highest BCUT2D eigenvalue weighted by Crippen LogP contribution is 2.26. The molecule has 0 fully saturated rings. The molecule has 152 valence electrons. The molecule has 0 saturated carbocycles. The summed E-state index contributed by atoms with van der Waals surface area (Å²) in [6.07, 6.45) is 2.47. The van der Waals surface area contributed by atoms with Crippen LogP contribution in [0.25, 0.3) is 0 Å². The van der Waals surface area contributed by atoms with Crippen LogP contribution in [0.1, 0.15) is 38.8 Å². The van der Waals surface area contributed by atoms with Gasteiger partial charge in [-0.25, -0.2) is 8.42 Å². The van der Waals surface area contributed by atoms with Gasteiger partial charge >= 0.3 is 0 Å². The molecule has 0 bridgehead atoms. The Morgan fingerprint density at radius 3 is 2.48 bits per heavy atom. The molecule has 8 nitrogen and oxygen atoms in total. The predicted octanol–water partition coefficient (Wildman–Crippen LogP) is 3.46. The molecule has 0 aliphatic carbocycles. The number of furan rings is 1. The molecule has 1 unspecified atom stereocenters. The van der Waals surface area contributed by atoms with Gasteiger partial charge in [0, 0.05) is 0 Å². The Kier molecular flexibility index (Phi) is 6.04. The standard InChI is InChI=1S/C19H19N3O5S2/c1-12(13-6-3-4-7-14(13)22-29(2,25)26)20-19(24)16-9-10-17(28-16)21-18(23)15-8-5-11-27-15/h3-12,22H,1-2H3,(H,20,24)(H,21,23). The number of carbonyl (C=O) groups excluding carboxylic acids is 2. The van der Waals surface area contributed by atoms with E-state index in [1.807, 2.05) is 0 Å². The Bertz CT molecular complexity index is 1120. The summed E-state index contributed by atoms with van der Waals surface area (Å²) in [5.74, 6) is -0.568. The zero-order valence-electron chi connectivity index (χ0n) is 15.6. The fraction of sp³-hybridized carbons (Fsp3) is 0.158. The Labute approximate surface area is 172 Å². The third-order valence-corrected chi connectivity index (χ3v) is 5.47. The molecule has 0 radical (unpaired) electrons. The maximum atomic E-state index is 12.6. The van der Waals surface area contributed by atoms with E-state index < -0.39 is 22.0 Å². The first-order valence-corrected chi connectivity index (χ1v) is 11.3. The minimum atomic E-state index is -3.45. The van der Waals surface area contributed by atoms with Crippen LogP contribution in [0.3, 0.4) is 0 Å². The van der Waals surface area contributed by atoms with Crippen LogP contribution in [-0.4, -0.2) is 26.5 Å². The van der Waals surface area contributed by atoms with E-state index in [2.05, 4.69) is 15.4 Å². The number of hydrogen-bond donors (Lipinski definition) is 3. The predicted molar refractivity (Wildman–Crippen MR) is 112 cm³/mol. The van der Waals surface area contributed by atoms with E-state index in [1.165, 1.54) is 6.26 Å². The topological polar surface area (TPSA) is 118 Å². The van der Waals surface area contributed by atoms with Crippen LogP contribution in [0.5, 0.6) is 0 Å². The fourth-order valence-corrected chi connectivity index (χ4v) is 4.01. The average Bonchev–Trinajstić information content (AvgIpc) is 3.32. The Morgan fingerprint density at radius 1 is 1.03 bits per heavy atom. The molecule has 0 aliphatic heterocycles. The maximum absolute atomic E-state index is 12.6. The first-order valence-electron chi connectivity index (χ1n) is 8.55. The number of benzene rings is 1. The molecule has 0 aliphatic rings. The quantitative estimate of drug-likeness (QED) is 0.527. The summed E-state index contributed by atoms with van der Waals surface area (Å²) in [6, 6.07) is 12.8. The highest BCUT2D eigenvalue weighted by atomic mass is 32.2. The lowest BCUT2D eigenvalue weighted by molar-refractivity contribution is 0.0943. The maximum Gasteiger partial charge on any atom is 0.291 e. The number of carbonyl (C=O) groups is 2. The van der Waals surface area contributed by atoms with Gasteiger partial charge in [0.15, 0.2) is 5.76 Å². The van der Waals surface area contributed by atoms with Crippen molar-refractivity contribution >= 4 is 43.9 Å². The van der Waals surface area contributed by atoms with E-state index in [9.17, 15) is 18.0 Å². The smallest absolute Gasteiger partial charge is 0.291 e. The average molecular weight is 434 g/mol. The molecule has 0 spiro atoms. The summed E-state index contributed by atoms with van der Waals surface area (Å²) < 4.78 is 30.6. The second-order valence-electron chi connectivity index (χ2n) is 6.25. The summed E-state index contributed by atoms with van der Waals surface area (Å²) in [4.78, 5) is 25.0. The molecule has 3 N–H and O–H groups in total. The summed E-state index contributed by atoms with van der Waals surface area (Å²) >= 11 is 1.12. The molecule has 3 aromatic rings. The minimum Gasteiger partial charge on any atom is -0.459 e. The number of anilines is 2. The van der Waals surface area contributed by atoms with Gasteiger partial charge in [-0.3, -0.25) is 14.3 Å². The van der Waals surface area contributed by atoms with Crippen LogP contribution >= 0.6 is 11.3 Å². The van der Waals surface area contributed by atoms with Crippen molar-refractivity contribution in [2.75, 3.05) is 16.3 Å². The van der Waals surface area contributed by atoms with Gasteiger partial charge in [-0.2, -0.15) is 0 Å². The number of rotatable bonds is 7. The Hall–Kier alpha value is -3.11. The first kappa shape index (κ1) is 20.6. The number of thiophene rings is 1. The fourth-order valence-electron chi connectivity index (χ4n) is 2.62. The molecule has 10 heteroatoms. The second kappa shape index (κ2) is 8.50. The second-order valence-corrected chi connectivity index (χ2v) is 9.08. The van der Waals surface area contributed by atoms with E-state index >= 15 is 0 Å². The highest BCUT2D eigenvalue weighted by Gasteiger charge is 2.18. The number of amides is 2. The van der Waals surface area contributed by atoms with E-state index in [0.717, 1.165) is 17.6 Å². The van der Waals surface area contributed by atoms with E-state index in [0.29, 0.717) is 21.1 Å². The molecule has 2 aromatic heterocycles. The monoisotopic (exact) mass is 433 g/mol. The summed E-state index contributed by atoms with van der Waals surface area (Å²) in [5.41, 5.74) is 1.04. The van der Waals surface area contributed by atoms with Gasteiger partial charge in [-0.1, -0.05) is 18.2 Å². The Morgan fingerprint density at radius 2 is 1.79 bits per heavy atom. The van der Waals surface area contributed by atoms with Gasteiger partial charge in [0.2, 0.25) is 10.0 Å². The van der Waals surface area contributed by atoms with Crippen LogP contribution in [0.15, 0.2) is 59.2 Å². The van der Waals surface area contributed by atoms with Crippen LogP contribution in [-0.2, 0) is 10.0 Å². The van der Waals surface area contributed by atoms with Crippen molar-refractivity contribution in [1.82, 2.24) is 5.32 Å². The van der Waals surface area contributed by atoms with Crippen LogP contribution in [0, 0.1) is 0 Å². The van der Waals surface area contributed by atoms with Crippen molar-refractivity contribution in [2.45, 2.75) is 13.0 Å². The van der Waals surface area contributed by atoms with Crippen molar-refractivity contribution < 1.29 is 22.4 Å². The summed E-state index contributed by atoms with van der Waals surface area (Å²) in [5, 5.41) is 6.01. The van der Waals surface area contributed by atoms with Crippen molar-refractivity contribution in [3.63, 3.8) is 0 Å². The van der Waals surface area contributed by atoms with Gasteiger partial charge in [0.25, 0.3) is 11.8 Å². The lowest BCUT2D eigenvalue weighted by atomic mass is 10.1. The molecule has 3 rings (SSSR count). The van der Waals surface area contributed by atoms with E-state index in [4.69, 9.17) is 4.42 Å². The van der Waals surface area contributed by atoms with Crippen molar-refractivity contribution in [3.8, 4) is 0 Å². The largest absolute Gasteiger partial charge is 0.459 e. The van der Waals surface area contributed by atoms with Gasteiger partial charge < -0.3 is 15.1 Å². The molecule has 2 heterocycles. The summed E-state index contributed by atoms with van der Waals surface area (Å²) in [7, 11) is -3.45. The van der Waals surface area contributed by atoms with Gasteiger partial charge in [-0.15, -0.1) is 11.3 Å². The molecule has 29 heavy (non-hydrogen) atoms. The van der Waals surface area contributed by atoms with Crippen LogP contribution in [0.4, 0.5) is 10.7 Å². The number of para-hydroxylation sites is 1. The van der Waals surface area contributed by atoms with Crippen LogP contribution in [0.2, 0.25) is 0 Å². The SMILES string of the molecule is CC(NC(=O)c1ccc(NC(=O)c2ccco2)s1)c1ccccc1NS(C)(=O)=O. The normalized spacial score (nSPS) is 12.2. The number of nitrogens with one attached hydrogen (secondary N) is 3.